The molecular formula is C33H37N3O4. The minimum atomic E-state index is -0.643. The van der Waals surface area contributed by atoms with Gasteiger partial charge in [-0.1, -0.05) is 91.0 Å². The maximum absolute atomic E-state index is 13.6. The minimum Gasteiger partial charge on any atom is -0.393 e. The Hall–Kier alpha value is -3.81. The third kappa shape index (κ3) is 5.44. The van der Waals surface area contributed by atoms with Crippen molar-refractivity contribution in [1.29, 1.82) is 0 Å². The van der Waals surface area contributed by atoms with Gasteiger partial charge in [-0.25, -0.2) is 0 Å². The molecule has 1 N–H and O–H groups in total. The number of aliphatic hydroxyl groups is 1. The Morgan fingerprint density at radius 3 is 2.15 bits per heavy atom. The maximum atomic E-state index is 13.6. The van der Waals surface area contributed by atoms with E-state index in [1.165, 1.54) is 17.2 Å². The summed E-state index contributed by atoms with van der Waals surface area (Å²) in [6.07, 6.45) is 12.9. The Morgan fingerprint density at radius 2 is 1.62 bits per heavy atom. The molecule has 1 fully saturated rings. The summed E-state index contributed by atoms with van der Waals surface area (Å²) in [6, 6.07) is 21.3. The molecule has 2 aliphatic carbocycles. The van der Waals surface area contributed by atoms with Crippen molar-refractivity contribution in [2.75, 3.05) is 26.2 Å². The quantitative estimate of drug-likeness (QED) is 0.373. The predicted octanol–water partition coefficient (Wildman–Crippen LogP) is 5.08. The molecule has 1 heterocycles. The van der Waals surface area contributed by atoms with Gasteiger partial charge in [0.05, 0.1) is 22.5 Å². The van der Waals surface area contributed by atoms with Gasteiger partial charge in [-0.2, -0.15) is 0 Å². The fourth-order valence-corrected chi connectivity index (χ4v) is 6.62. The van der Waals surface area contributed by atoms with Crippen LogP contribution >= 0.6 is 0 Å². The number of amides is 1. The van der Waals surface area contributed by atoms with E-state index in [0.717, 1.165) is 6.42 Å². The van der Waals surface area contributed by atoms with Crippen molar-refractivity contribution in [3.63, 3.8) is 0 Å². The molecule has 1 aliphatic heterocycles. The van der Waals surface area contributed by atoms with Gasteiger partial charge < -0.3 is 10.0 Å². The first-order valence-electron chi connectivity index (χ1n) is 14.1. The number of hydrogen-bond donors (Lipinski definition) is 1. The van der Waals surface area contributed by atoms with Crippen LogP contribution in [0.2, 0.25) is 0 Å². The summed E-state index contributed by atoms with van der Waals surface area (Å²) in [7, 11) is 0. The zero-order chi connectivity index (χ0) is 28.1. The summed E-state index contributed by atoms with van der Waals surface area (Å²) < 4.78 is 0. The molecule has 5 rings (SSSR count). The van der Waals surface area contributed by atoms with Gasteiger partial charge >= 0.3 is 0 Å². The normalized spacial score (nSPS) is 22.4. The molecule has 7 nitrogen and oxygen atoms in total. The standard InChI is InChI=1S/C33H37N3O4/c1-25(37)23-26-17-18-27(24-31(26)36(39)40)32(38)34-19-21-35(22-20-34)33(28-11-5-2-6-12-28,29-13-7-3-8-14-29)30-15-9-4-10-16-30/h2-15,18,24-26,30,37H,16-17,19-23H2,1H3. The lowest BCUT2D eigenvalue weighted by Crippen LogP contribution is -2.59. The number of nitro groups is 1. The topological polar surface area (TPSA) is 86.9 Å². The van der Waals surface area contributed by atoms with E-state index >= 15 is 0 Å². The largest absolute Gasteiger partial charge is 0.393 e. The second-order valence-electron chi connectivity index (χ2n) is 10.9. The number of nitrogens with zero attached hydrogens (tertiary/aromatic N) is 3. The minimum absolute atomic E-state index is 0.00898. The Balaban J connectivity index is 1.42. The first kappa shape index (κ1) is 27.7. The van der Waals surface area contributed by atoms with E-state index in [1.54, 1.807) is 13.0 Å². The summed E-state index contributed by atoms with van der Waals surface area (Å²) in [5.74, 6) is -0.347. The molecule has 3 unspecified atom stereocenters. The molecule has 40 heavy (non-hydrogen) atoms. The molecule has 2 aromatic carbocycles. The molecule has 0 bridgehead atoms. The summed E-state index contributed by atoms with van der Waals surface area (Å²) in [4.78, 5) is 29.2. The van der Waals surface area contributed by atoms with Crippen LogP contribution in [-0.2, 0) is 10.3 Å². The fraction of sp³-hybridized carbons (Fsp3) is 0.364. The van der Waals surface area contributed by atoms with Crippen molar-refractivity contribution in [1.82, 2.24) is 9.80 Å². The molecule has 7 heteroatoms. The van der Waals surface area contributed by atoms with E-state index in [9.17, 15) is 20.0 Å². The van der Waals surface area contributed by atoms with Gasteiger partial charge in [0, 0.05) is 43.7 Å². The van der Waals surface area contributed by atoms with E-state index < -0.39 is 22.5 Å². The maximum Gasteiger partial charge on any atom is 0.253 e. The summed E-state index contributed by atoms with van der Waals surface area (Å²) in [5.41, 5.74) is 2.43. The van der Waals surface area contributed by atoms with E-state index in [4.69, 9.17) is 0 Å². The van der Waals surface area contributed by atoms with E-state index in [1.807, 2.05) is 17.0 Å². The summed E-state index contributed by atoms with van der Waals surface area (Å²) >= 11 is 0. The van der Waals surface area contributed by atoms with Crippen molar-refractivity contribution in [2.24, 2.45) is 11.8 Å². The smallest absolute Gasteiger partial charge is 0.253 e. The molecule has 208 valence electrons. The van der Waals surface area contributed by atoms with Crippen LogP contribution in [0.4, 0.5) is 0 Å². The molecular weight excluding hydrogens is 502 g/mol. The van der Waals surface area contributed by atoms with Crippen molar-refractivity contribution in [2.45, 2.75) is 37.8 Å². The molecule has 2 aromatic rings. The average Bonchev–Trinajstić information content (AvgIpc) is 2.99. The molecule has 0 saturated carbocycles. The zero-order valence-corrected chi connectivity index (χ0v) is 22.9. The molecule has 0 radical (unpaired) electrons. The van der Waals surface area contributed by atoms with Gasteiger partial charge in [-0.05, 0) is 37.3 Å². The number of carbonyl (C=O) groups is 1. The number of aliphatic hydroxyl groups excluding tert-OH is 1. The SMILES string of the molecule is CC(O)CC1CC=C(C(=O)N2CCN(C(c3ccccc3)(c3ccccc3)C3C=CC=CC3)CC2)C=C1[N+](=O)[O-]. The lowest BCUT2D eigenvalue weighted by atomic mass is 9.69. The second-order valence-corrected chi connectivity index (χ2v) is 10.9. The molecule has 3 aliphatic rings. The predicted molar refractivity (Wildman–Crippen MR) is 156 cm³/mol. The van der Waals surface area contributed by atoms with Crippen LogP contribution in [0.5, 0.6) is 0 Å². The van der Waals surface area contributed by atoms with Gasteiger partial charge in [0.25, 0.3) is 5.91 Å². The van der Waals surface area contributed by atoms with Crippen LogP contribution in [0.3, 0.4) is 0 Å². The van der Waals surface area contributed by atoms with Gasteiger partial charge in [0.2, 0.25) is 5.70 Å². The van der Waals surface area contributed by atoms with Crippen LogP contribution in [-0.4, -0.2) is 58.0 Å². The number of benzene rings is 2. The van der Waals surface area contributed by atoms with Crippen molar-refractivity contribution in [3.05, 3.63) is 130 Å². The number of allylic oxidation sites excluding steroid dienone is 5. The lowest BCUT2D eigenvalue weighted by Gasteiger charge is -2.52. The highest BCUT2D eigenvalue weighted by Gasteiger charge is 2.47. The molecule has 1 amide bonds. The number of piperazine rings is 1. The fourth-order valence-electron chi connectivity index (χ4n) is 6.62. The second kappa shape index (κ2) is 12.1. The van der Waals surface area contributed by atoms with Crippen LogP contribution in [0, 0.1) is 22.0 Å². The first-order chi connectivity index (χ1) is 19.4. The van der Waals surface area contributed by atoms with Crippen LogP contribution < -0.4 is 0 Å². The highest BCUT2D eigenvalue weighted by Crippen LogP contribution is 2.46. The number of rotatable bonds is 8. The summed E-state index contributed by atoms with van der Waals surface area (Å²) in [6.45, 7) is 4.04. The van der Waals surface area contributed by atoms with Crippen molar-refractivity contribution < 1.29 is 14.8 Å². The highest BCUT2D eigenvalue weighted by atomic mass is 16.6. The first-order valence-corrected chi connectivity index (χ1v) is 14.1. The van der Waals surface area contributed by atoms with Crippen LogP contribution in [0.25, 0.3) is 0 Å². The van der Waals surface area contributed by atoms with Gasteiger partial charge in [0.1, 0.15) is 0 Å². The Kier molecular flexibility index (Phi) is 8.43. The lowest BCUT2D eigenvalue weighted by molar-refractivity contribution is -0.434. The van der Waals surface area contributed by atoms with Gasteiger partial charge in [-0.3, -0.25) is 19.8 Å². The molecule has 0 aromatic heterocycles. The average molecular weight is 540 g/mol. The molecule has 0 spiro atoms. The van der Waals surface area contributed by atoms with Gasteiger partial charge in [0.15, 0.2) is 0 Å². The monoisotopic (exact) mass is 539 g/mol. The van der Waals surface area contributed by atoms with Crippen LogP contribution in [0.1, 0.15) is 37.3 Å². The molecule has 3 atom stereocenters. The van der Waals surface area contributed by atoms with E-state index in [0.29, 0.717) is 44.6 Å². The van der Waals surface area contributed by atoms with Crippen molar-refractivity contribution in [3.8, 4) is 0 Å². The van der Waals surface area contributed by atoms with Crippen molar-refractivity contribution >= 4 is 5.91 Å². The summed E-state index contributed by atoms with van der Waals surface area (Å²) in [5, 5.41) is 21.5. The third-order valence-electron chi connectivity index (χ3n) is 8.44. The highest BCUT2D eigenvalue weighted by molar-refractivity contribution is 5.96. The number of carbonyl (C=O) groups excluding carboxylic acids is 1. The Labute approximate surface area is 236 Å². The number of hydrogen-bond acceptors (Lipinski definition) is 5. The Bertz CT molecular complexity index is 1280. The van der Waals surface area contributed by atoms with Crippen LogP contribution in [0.15, 0.2) is 108 Å². The Morgan fingerprint density at radius 1 is 1.00 bits per heavy atom. The third-order valence-corrected chi connectivity index (χ3v) is 8.44. The van der Waals surface area contributed by atoms with E-state index in [2.05, 4.69) is 77.7 Å². The van der Waals surface area contributed by atoms with Gasteiger partial charge in [-0.15, -0.1) is 0 Å². The van der Waals surface area contributed by atoms with E-state index in [-0.39, 0.29) is 17.5 Å². The zero-order valence-electron chi connectivity index (χ0n) is 22.9. The molecule has 1 saturated heterocycles.